The number of nitrogens with zero attached hydrogens (tertiary/aromatic N) is 1. The van der Waals surface area contributed by atoms with E-state index >= 15 is 0 Å². The van der Waals surface area contributed by atoms with Crippen LogP contribution in [-0.2, 0) is 10.9 Å². The van der Waals surface area contributed by atoms with Gasteiger partial charge in [-0.15, -0.1) is 0 Å². The van der Waals surface area contributed by atoms with Crippen molar-refractivity contribution < 1.29 is 27.5 Å². The van der Waals surface area contributed by atoms with E-state index < -0.39 is 41.3 Å². The molecule has 0 radical (unpaired) electrons. The molecule has 4 nitrogen and oxygen atoms in total. The first kappa shape index (κ1) is 25.1. The van der Waals surface area contributed by atoms with Crippen molar-refractivity contribution in [3.63, 3.8) is 0 Å². The maximum Gasteiger partial charge on any atom is 0.416 e. The topological polar surface area (TPSA) is 46.6 Å². The molecular weight excluding hydrogens is 455 g/mol. The quantitative estimate of drug-likeness (QED) is 0.432. The molecule has 0 saturated carbocycles. The monoisotopic (exact) mass is 481 g/mol. The summed E-state index contributed by atoms with van der Waals surface area (Å²) in [5.41, 5.74) is 0.122. The molecule has 1 saturated heterocycles. The van der Waals surface area contributed by atoms with Gasteiger partial charge in [-0.05, 0) is 82.9 Å². The van der Waals surface area contributed by atoms with Crippen LogP contribution in [0.5, 0.6) is 0 Å². The Bertz CT molecular complexity index is 1080. The zero-order valence-corrected chi connectivity index (χ0v) is 20.0. The predicted octanol–water partition coefficient (Wildman–Crippen LogP) is 7.30. The number of ether oxygens (including phenoxy) is 1. The molecule has 2 aromatic carbocycles. The summed E-state index contributed by atoms with van der Waals surface area (Å²) in [5, 5.41) is 0.446. The number of hydrogen-bond acceptors (Lipinski definition) is 3. The molecule has 1 fully saturated rings. The molecular formula is C25H27ClF3NO3. The van der Waals surface area contributed by atoms with E-state index in [1.165, 1.54) is 17.9 Å². The molecule has 0 aromatic heterocycles. The largest absolute Gasteiger partial charge is 0.444 e. The molecule has 2 atom stereocenters. The fraction of sp³-hybridized carbons (Fsp3) is 0.440. The standard InChI is InChI=1S/C25H27ClF3NO3/c1-14-6-7-19(26)18(12-14)20-8-9-21(30(20)23(32)33-24(3,4)5)22(31)16-10-15(2)11-17(13-16)25(27,28)29/h6-7,10-13,20-21H,8-9H2,1-5H3/t20-,21-/m0/s1. The summed E-state index contributed by atoms with van der Waals surface area (Å²) >= 11 is 6.43. The van der Waals surface area contributed by atoms with Crippen molar-refractivity contribution in [1.29, 1.82) is 0 Å². The summed E-state index contributed by atoms with van der Waals surface area (Å²) in [6.45, 7) is 8.52. The van der Waals surface area contributed by atoms with Crippen molar-refractivity contribution >= 4 is 23.5 Å². The fourth-order valence-electron chi connectivity index (χ4n) is 4.14. The molecule has 0 spiro atoms. The number of hydrogen-bond donors (Lipinski definition) is 0. The molecule has 0 N–H and O–H groups in total. The minimum atomic E-state index is -4.58. The summed E-state index contributed by atoms with van der Waals surface area (Å²) in [6, 6.07) is 7.17. The van der Waals surface area contributed by atoms with Gasteiger partial charge in [0.05, 0.1) is 17.6 Å². The van der Waals surface area contributed by atoms with Gasteiger partial charge >= 0.3 is 12.3 Å². The Hall–Kier alpha value is -2.54. The van der Waals surface area contributed by atoms with Gasteiger partial charge in [0.1, 0.15) is 5.60 Å². The van der Waals surface area contributed by atoms with E-state index in [0.29, 0.717) is 22.6 Å². The minimum absolute atomic E-state index is 0.0862. The van der Waals surface area contributed by atoms with Crippen molar-refractivity contribution in [3.05, 3.63) is 69.2 Å². The van der Waals surface area contributed by atoms with Gasteiger partial charge in [-0.25, -0.2) is 4.79 Å². The van der Waals surface area contributed by atoms with E-state index in [0.717, 1.165) is 17.7 Å². The van der Waals surface area contributed by atoms with Crippen LogP contribution in [-0.4, -0.2) is 28.4 Å². The Morgan fingerprint density at radius 1 is 1.00 bits per heavy atom. The van der Waals surface area contributed by atoms with Crippen molar-refractivity contribution in [1.82, 2.24) is 4.90 Å². The molecule has 1 heterocycles. The van der Waals surface area contributed by atoms with Crippen LogP contribution in [0.15, 0.2) is 36.4 Å². The van der Waals surface area contributed by atoms with Crippen molar-refractivity contribution in [2.45, 2.75) is 71.3 Å². The highest BCUT2D eigenvalue weighted by atomic mass is 35.5. The van der Waals surface area contributed by atoms with Crippen LogP contribution in [0.3, 0.4) is 0 Å². The van der Waals surface area contributed by atoms with Crippen molar-refractivity contribution in [2.24, 2.45) is 0 Å². The van der Waals surface area contributed by atoms with Gasteiger partial charge in [0.15, 0.2) is 5.78 Å². The Balaban J connectivity index is 2.05. The van der Waals surface area contributed by atoms with Gasteiger partial charge in [-0.3, -0.25) is 9.69 Å². The molecule has 1 amide bonds. The van der Waals surface area contributed by atoms with Crippen LogP contribution in [0.1, 0.15) is 72.3 Å². The van der Waals surface area contributed by atoms with Crippen LogP contribution in [0, 0.1) is 13.8 Å². The second-order valence-electron chi connectivity index (χ2n) is 9.47. The molecule has 8 heteroatoms. The Morgan fingerprint density at radius 3 is 2.27 bits per heavy atom. The predicted molar refractivity (Wildman–Crippen MR) is 121 cm³/mol. The SMILES string of the molecule is Cc1cc(C(=O)[C@@H]2CC[C@@H](c3cc(C)ccc3Cl)N2C(=O)OC(C)(C)C)cc(C(F)(F)F)c1. The van der Waals surface area contributed by atoms with E-state index in [9.17, 15) is 22.8 Å². The Morgan fingerprint density at radius 2 is 1.67 bits per heavy atom. The number of carbonyl (C=O) groups is 2. The lowest BCUT2D eigenvalue weighted by Gasteiger charge is -2.32. The molecule has 178 valence electrons. The molecule has 0 unspecified atom stereocenters. The third-order valence-corrected chi connectivity index (χ3v) is 5.84. The molecule has 1 aliphatic rings. The summed E-state index contributed by atoms with van der Waals surface area (Å²) < 4.78 is 45.6. The number of benzene rings is 2. The number of ketones is 1. The van der Waals surface area contributed by atoms with E-state index in [4.69, 9.17) is 16.3 Å². The van der Waals surface area contributed by atoms with Gasteiger partial charge in [-0.2, -0.15) is 13.2 Å². The number of rotatable bonds is 3. The zero-order chi connectivity index (χ0) is 24.7. The lowest BCUT2D eigenvalue weighted by molar-refractivity contribution is -0.137. The number of halogens is 4. The van der Waals surface area contributed by atoms with E-state index in [1.54, 1.807) is 26.8 Å². The van der Waals surface area contributed by atoms with Gasteiger partial charge in [0, 0.05) is 10.6 Å². The number of Topliss-reactive ketones (excluding diaryl/α,β-unsaturated/α-hetero) is 1. The summed E-state index contributed by atoms with van der Waals surface area (Å²) in [4.78, 5) is 28.0. The molecule has 33 heavy (non-hydrogen) atoms. The molecule has 1 aliphatic heterocycles. The Labute approximate surface area is 196 Å². The number of carbonyl (C=O) groups excluding carboxylic acids is 2. The van der Waals surface area contributed by atoms with Gasteiger partial charge in [0.25, 0.3) is 0 Å². The molecule has 2 aromatic rings. The normalized spacial score (nSPS) is 19.0. The second kappa shape index (κ2) is 9.01. The number of aryl methyl sites for hydroxylation is 2. The molecule has 3 rings (SSSR count). The maximum atomic E-state index is 13.4. The van der Waals surface area contributed by atoms with Crippen molar-refractivity contribution in [2.75, 3.05) is 0 Å². The van der Waals surface area contributed by atoms with Gasteiger partial charge < -0.3 is 4.74 Å². The third-order valence-electron chi connectivity index (χ3n) is 5.49. The average Bonchev–Trinajstić information content (AvgIpc) is 3.11. The lowest BCUT2D eigenvalue weighted by atomic mass is 9.98. The van der Waals surface area contributed by atoms with Crippen LogP contribution in [0.4, 0.5) is 18.0 Å². The first-order valence-electron chi connectivity index (χ1n) is 10.7. The van der Waals surface area contributed by atoms with E-state index in [1.807, 2.05) is 19.1 Å². The van der Waals surface area contributed by atoms with E-state index in [2.05, 4.69) is 0 Å². The highest BCUT2D eigenvalue weighted by Crippen LogP contribution is 2.42. The smallest absolute Gasteiger partial charge is 0.416 e. The summed E-state index contributed by atoms with van der Waals surface area (Å²) in [7, 11) is 0. The van der Waals surface area contributed by atoms with Crippen LogP contribution in [0.25, 0.3) is 0 Å². The highest BCUT2D eigenvalue weighted by molar-refractivity contribution is 6.31. The number of likely N-dealkylation sites (tertiary alicyclic amines) is 1. The third kappa shape index (κ3) is 5.69. The van der Waals surface area contributed by atoms with Gasteiger partial charge in [0.2, 0.25) is 0 Å². The fourth-order valence-corrected chi connectivity index (χ4v) is 4.39. The highest BCUT2D eigenvalue weighted by Gasteiger charge is 2.44. The summed E-state index contributed by atoms with van der Waals surface area (Å²) in [6.07, 6.45) is -4.58. The average molecular weight is 482 g/mol. The number of alkyl halides is 3. The Kier molecular flexibility index (Phi) is 6.85. The lowest BCUT2D eigenvalue weighted by Crippen LogP contribution is -2.44. The summed E-state index contributed by atoms with van der Waals surface area (Å²) in [5.74, 6) is -0.554. The molecule has 0 bridgehead atoms. The van der Waals surface area contributed by atoms with Crippen LogP contribution >= 0.6 is 11.6 Å². The minimum Gasteiger partial charge on any atom is -0.444 e. The molecule has 0 aliphatic carbocycles. The van der Waals surface area contributed by atoms with Crippen molar-refractivity contribution in [3.8, 4) is 0 Å². The first-order valence-corrected chi connectivity index (χ1v) is 11.1. The van der Waals surface area contributed by atoms with E-state index in [-0.39, 0.29) is 12.0 Å². The van der Waals surface area contributed by atoms with Crippen LogP contribution < -0.4 is 0 Å². The zero-order valence-electron chi connectivity index (χ0n) is 19.2. The number of amides is 1. The first-order chi connectivity index (χ1) is 15.2. The maximum absolute atomic E-state index is 13.4. The van der Waals surface area contributed by atoms with Gasteiger partial charge in [-0.1, -0.05) is 29.3 Å². The van der Waals surface area contributed by atoms with Crippen LogP contribution in [0.2, 0.25) is 5.02 Å². The second-order valence-corrected chi connectivity index (χ2v) is 9.88.